The normalized spacial score (nSPS) is 11.5. The summed E-state index contributed by atoms with van der Waals surface area (Å²) in [6.45, 7) is 1.53. The third-order valence-electron chi connectivity index (χ3n) is 4.76. The second-order valence-corrected chi connectivity index (χ2v) is 7.02. The third-order valence-corrected chi connectivity index (χ3v) is 4.76. The zero-order chi connectivity index (χ0) is 19.7. The topological polar surface area (TPSA) is 73.0 Å². The van der Waals surface area contributed by atoms with E-state index in [-0.39, 0.29) is 11.1 Å². The van der Waals surface area contributed by atoms with Gasteiger partial charge in [0.05, 0.1) is 27.5 Å². The van der Waals surface area contributed by atoms with Crippen LogP contribution < -0.4 is 11.1 Å². The molecule has 28 heavy (non-hydrogen) atoms. The van der Waals surface area contributed by atoms with Crippen LogP contribution in [0.25, 0.3) is 27.5 Å². The fourth-order valence-electron chi connectivity index (χ4n) is 3.31. The molecule has 0 atom stereocenters. The maximum atomic E-state index is 13.0. The Hall–Kier alpha value is -3.32. The molecule has 0 spiro atoms. The van der Waals surface area contributed by atoms with Gasteiger partial charge in [-0.3, -0.25) is 19.1 Å². The van der Waals surface area contributed by atoms with Crippen molar-refractivity contribution in [2.24, 2.45) is 0 Å². The van der Waals surface area contributed by atoms with Crippen LogP contribution in [-0.4, -0.2) is 44.6 Å². The molecule has 0 amide bonds. The van der Waals surface area contributed by atoms with Crippen molar-refractivity contribution in [3.8, 4) is 5.69 Å². The van der Waals surface area contributed by atoms with Crippen LogP contribution in [0.1, 0.15) is 6.42 Å². The SMILES string of the molecule is CN(C)CCCn1ccc2nc3ccn(-c4ccncc4)c(=O)c3cc2c1=O. The van der Waals surface area contributed by atoms with E-state index in [4.69, 9.17) is 0 Å². The fraction of sp³-hybridized carbons (Fsp3) is 0.238. The average molecular weight is 375 g/mol. The van der Waals surface area contributed by atoms with Crippen LogP contribution in [0.15, 0.2) is 64.7 Å². The molecular formula is C21H21N5O2. The van der Waals surface area contributed by atoms with Gasteiger partial charge in [-0.25, -0.2) is 4.98 Å². The molecular weight excluding hydrogens is 354 g/mol. The summed E-state index contributed by atoms with van der Waals surface area (Å²) < 4.78 is 3.22. The van der Waals surface area contributed by atoms with Crippen molar-refractivity contribution < 1.29 is 0 Å². The van der Waals surface area contributed by atoms with Crippen LogP contribution in [0.5, 0.6) is 0 Å². The molecule has 4 rings (SSSR count). The minimum atomic E-state index is -0.208. The molecule has 0 bridgehead atoms. The lowest BCUT2D eigenvalue weighted by Gasteiger charge is -2.11. The van der Waals surface area contributed by atoms with E-state index in [1.807, 2.05) is 20.2 Å². The van der Waals surface area contributed by atoms with Crippen molar-refractivity contribution in [1.29, 1.82) is 0 Å². The number of fused-ring (bicyclic) bond motifs is 2. The largest absolute Gasteiger partial charge is 0.315 e. The van der Waals surface area contributed by atoms with E-state index in [2.05, 4.69) is 14.9 Å². The third kappa shape index (κ3) is 3.32. The van der Waals surface area contributed by atoms with Gasteiger partial charge in [0.15, 0.2) is 0 Å². The molecule has 7 heteroatoms. The number of aryl methyl sites for hydroxylation is 1. The molecule has 4 aromatic rings. The van der Waals surface area contributed by atoms with Crippen molar-refractivity contribution in [2.75, 3.05) is 20.6 Å². The number of hydrogen-bond acceptors (Lipinski definition) is 5. The van der Waals surface area contributed by atoms with Crippen molar-refractivity contribution in [2.45, 2.75) is 13.0 Å². The van der Waals surface area contributed by atoms with Gasteiger partial charge in [-0.05, 0) is 57.4 Å². The number of aromatic nitrogens is 4. The molecule has 7 nitrogen and oxygen atoms in total. The van der Waals surface area contributed by atoms with Gasteiger partial charge in [0.2, 0.25) is 0 Å². The lowest BCUT2D eigenvalue weighted by atomic mass is 10.2. The summed E-state index contributed by atoms with van der Waals surface area (Å²) in [7, 11) is 4.01. The molecule has 0 fully saturated rings. The smallest absolute Gasteiger partial charge is 0.264 e. The predicted molar refractivity (Wildman–Crippen MR) is 110 cm³/mol. The highest BCUT2D eigenvalue weighted by atomic mass is 16.1. The lowest BCUT2D eigenvalue weighted by Crippen LogP contribution is -2.23. The van der Waals surface area contributed by atoms with E-state index in [9.17, 15) is 9.59 Å². The van der Waals surface area contributed by atoms with Gasteiger partial charge in [-0.1, -0.05) is 0 Å². The van der Waals surface area contributed by atoms with Gasteiger partial charge in [0.25, 0.3) is 11.1 Å². The minimum absolute atomic E-state index is 0.121. The second kappa shape index (κ2) is 7.36. The first-order chi connectivity index (χ1) is 13.5. The number of nitrogens with zero attached hydrogens (tertiary/aromatic N) is 5. The Balaban J connectivity index is 1.84. The summed E-state index contributed by atoms with van der Waals surface area (Å²) in [4.78, 5) is 36.5. The number of rotatable bonds is 5. The predicted octanol–water partition coefficient (Wildman–Crippen LogP) is 2.05. The van der Waals surface area contributed by atoms with Crippen LogP contribution in [0.2, 0.25) is 0 Å². The lowest BCUT2D eigenvalue weighted by molar-refractivity contribution is 0.385. The van der Waals surface area contributed by atoms with Crippen molar-refractivity contribution in [3.63, 3.8) is 0 Å². The van der Waals surface area contributed by atoms with Gasteiger partial charge in [0, 0.05) is 31.3 Å². The quantitative estimate of drug-likeness (QED) is 0.499. The van der Waals surface area contributed by atoms with Crippen LogP contribution >= 0.6 is 0 Å². The first-order valence-corrected chi connectivity index (χ1v) is 9.15. The summed E-state index contributed by atoms with van der Waals surface area (Å²) in [5.74, 6) is 0. The summed E-state index contributed by atoms with van der Waals surface area (Å²) in [5.41, 5.74) is 1.57. The highest BCUT2D eigenvalue weighted by Crippen LogP contribution is 2.15. The highest BCUT2D eigenvalue weighted by molar-refractivity contribution is 5.91. The molecule has 4 aromatic heterocycles. The molecule has 4 heterocycles. The van der Waals surface area contributed by atoms with Crippen molar-refractivity contribution in [3.05, 3.63) is 75.8 Å². The minimum Gasteiger partial charge on any atom is -0.315 e. The van der Waals surface area contributed by atoms with Crippen LogP contribution in [0.3, 0.4) is 0 Å². The molecule has 0 saturated heterocycles. The monoisotopic (exact) mass is 375 g/mol. The molecule has 0 aliphatic rings. The molecule has 0 radical (unpaired) electrons. The first kappa shape index (κ1) is 18.1. The van der Waals surface area contributed by atoms with Gasteiger partial charge < -0.3 is 9.47 Å². The van der Waals surface area contributed by atoms with Crippen LogP contribution in [-0.2, 0) is 6.54 Å². The van der Waals surface area contributed by atoms with E-state index in [1.165, 1.54) is 4.57 Å². The van der Waals surface area contributed by atoms with E-state index in [0.29, 0.717) is 28.4 Å². The maximum absolute atomic E-state index is 13.0. The number of hydrogen-bond donors (Lipinski definition) is 0. The fourth-order valence-corrected chi connectivity index (χ4v) is 3.31. The summed E-state index contributed by atoms with van der Waals surface area (Å²) >= 11 is 0. The Kier molecular flexibility index (Phi) is 4.75. The van der Waals surface area contributed by atoms with Gasteiger partial charge in [0.1, 0.15) is 0 Å². The molecule has 142 valence electrons. The Morgan fingerprint density at radius 1 is 0.929 bits per heavy atom. The Morgan fingerprint density at radius 3 is 2.32 bits per heavy atom. The summed E-state index contributed by atoms with van der Waals surface area (Å²) in [6, 6.07) is 8.82. The summed E-state index contributed by atoms with van der Waals surface area (Å²) in [6.07, 6.45) is 7.61. The Morgan fingerprint density at radius 2 is 1.61 bits per heavy atom. The van der Waals surface area contributed by atoms with Crippen LogP contribution in [0, 0.1) is 0 Å². The van der Waals surface area contributed by atoms with Gasteiger partial charge in [-0.15, -0.1) is 0 Å². The van der Waals surface area contributed by atoms with Gasteiger partial charge >= 0.3 is 0 Å². The maximum Gasteiger partial charge on any atom is 0.264 e. The molecule has 0 N–H and O–H groups in total. The average Bonchev–Trinajstić information content (AvgIpc) is 2.70. The molecule has 0 unspecified atom stereocenters. The molecule has 0 aliphatic heterocycles. The Bertz CT molecular complexity index is 1260. The van der Waals surface area contributed by atoms with Crippen LogP contribution in [0.4, 0.5) is 0 Å². The zero-order valence-corrected chi connectivity index (χ0v) is 15.9. The Labute approximate surface area is 161 Å². The van der Waals surface area contributed by atoms with Gasteiger partial charge in [-0.2, -0.15) is 0 Å². The molecule has 0 saturated carbocycles. The summed E-state index contributed by atoms with van der Waals surface area (Å²) in [5, 5.41) is 0.888. The zero-order valence-electron chi connectivity index (χ0n) is 15.9. The molecule has 0 aliphatic carbocycles. The van der Waals surface area contributed by atoms with Crippen molar-refractivity contribution in [1.82, 2.24) is 24.0 Å². The van der Waals surface area contributed by atoms with Crippen molar-refractivity contribution >= 4 is 21.8 Å². The van der Waals surface area contributed by atoms with E-state index < -0.39 is 0 Å². The highest BCUT2D eigenvalue weighted by Gasteiger charge is 2.10. The van der Waals surface area contributed by atoms with E-state index in [0.717, 1.165) is 18.7 Å². The molecule has 0 aromatic carbocycles. The first-order valence-electron chi connectivity index (χ1n) is 9.15. The standard InChI is InChI=1S/C21H21N5O2/c1-24(2)10-3-11-25-12-6-18-16(20(25)27)14-17-19(23-18)7-13-26(21(17)28)15-4-8-22-9-5-15/h4-9,12-14H,3,10-11H2,1-2H3. The number of pyridine rings is 4. The second-order valence-electron chi connectivity index (χ2n) is 7.02. The van der Waals surface area contributed by atoms with E-state index >= 15 is 0 Å². The van der Waals surface area contributed by atoms with E-state index in [1.54, 1.807) is 53.6 Å².